The Labute approximate surface area is 171 Å². The molecule has 1 aromatic carbocycles. The Morgan fingerprint density at radius 3 is 2.54 bits per heavy atom. The first-order chi connectivity index (χ1) is 13.6. The van der Waals surface area contributed by atoms with E-state index in [2.05, 4.69) is 31.0 Å². The molecule has 1 aliphatic heterocycles. The highest BCUT2D eigenvalue weighted by molar-refractivity contribution is 9.10. The van der Waals surface area contributed by atoms with Gasteiger partial charge in [0.05, 0.1) is 13.0 Å². The van der Waals surface area contributed by atoms with Gasteiger partial charge in [0.1, 0.15) is 5.76 Å². The van der Waals surface area contributed by atoms with Crippen LogP contribution in [-0.4, -0.2) is 52.0 Å². The first-order valence-corrected chi connectivity index (χ1v) is 10.00. The van der Waals surface area contributed by atoms with E-state index >= 15 is 0 Å². The lowest BCUT2D eigenvalue weighted by atomic mass is 10.1. The molecule has 1 fully saturated rings. The van der Waals surface area contributed by atoms with E-state index in [1.165, 1.54) is 0 Å². The molecular weight excluding hydrogens is 424 g/mol. The Bertz CT molecular complexity index is 943. The minimum absolute atomic E-state index is 0.0518. The monoisotopic (exact) mass is 444 g/mol. The zero-order chi connectivity index (χ0) is 19.5. The number of amides is 1. The van der Waals surface area contributed by atoms with Gasteiger partial charge in [0, 0.05) is 30.7 Å². The van der Waals surface area contributed by atoms with Gasteiger partial charge in [-0.05, 0) is 36.8 Å². The number of nitrogens with zero attached hydrogens (tertiary/aromatic N) is 4. The van der Waals surface area contributed by atoms with Crippen LogP contribution in [0.25, 0.3) is 0 Å². The average Bonchev–Trinajstić information content (AvgIpc) is 3.33. The van der Waals surface area contributed by atoms with Crippen molar-refractivity contribution in [3.63, 3.8) is 0 Å². The summed E-state index contributed by atoms with van der Waals surface area (Å²) in [6.07, 6.45) is 0.616. The summed E-state index contributed by atoms with van der Waals surface area (Å²) in [7, 11) is 0. The molecule has 0 aliphatic carbocycles. The quantitative estimate of drug-likeness (QED) is 0.600. The minimum Gasteiger partial charge on any atom is -0.456 e. The summed E-state index contributed by atoms with van der Waals surface area (Å²) in [6, 6.07) is 11.6. The van der Waals surface area contributed by atoms with Crippen molar-refractivity contribution in [1.29, 1.82) is 0 Å². The molecule has 0 unspecified atom stereocenters. The van der Waals surface area contributed by atoms with Gasteiger partial charge in [-0.3, -0.25) is 9.69 Å². The van der Waals surface area contributed by atoms with Crippen molar-refractivity contribution < 1.29 is 13.7 Å². The lowest BCUT2D eigenvalue weighted by Gasteiger charge is -2.33. The molecule has 7 nitrogen and oxygen atoms in total. The van der Waals surface area contributed by atoms with Crippen molar-refractivity contribution in [3.05, 3.63) is 69.7 Å². The van der Waals surface area contributed by atoms with Gasteiger partial charge in [-0.1, -0.05) is 33.2 Å². The Morgan fingerprint density at radius 1 is 1.11 bits per heavy atom. The van der Waals surface area contributed by atoms with Crippen molar-refractivity contribution in [2.75, 3.05) is 26.2 Å². The van der Waals surface area contributed by atoms with Crippen LogP contribution in [0.4, 0.5) is 0 Å². The van der Waals surface area contributed by atoms with Crippen molar-refractivity contribution in [2.45, 2.75) is 19.9 Å². The van der Waals surface area contributed by atoms with Gasteiger partial charge in [-0.15, -0.1) is 0 Å². The fourth-order valence-corrected chi connectivity index (χ4v) is 3.48. The number of carbonyl (C=O) groups is 1. The van der Waals surface area contributed by atoms with Gasteiger partial charge in [0.15, 0.2) is 11.6 Å². The number of benzene rings is 1. The lowest BCUT2D eigenvalue weighted by Crippen LogP contribution is -2.48. The SMILES string of the molecule is Cc1ccc(C(=O)N2CCN(Cc3noc(Cc4ccc(Br)cc4)n3)CC2)o1. The smallest absolute Gasteiger partial charge is 0.289 e. The number of furan rings is 1. The molecule has 3 aromatic rings. The summed E-state index contributed by atoms with van der Waals surface area (Å²) >= 11 is 3.43. The van der Waals surface area contributed by atoms with Crippen molar-refractivity contribution in [2.24, 2.45) is 0 Å². The van der Waals surface area contributed by atoms with E-state index in [4.69, 9.17) is 8.94 Å². The van der Waals surface area contributed by atoms with Crippen LogP contribution >= 0.6 is 15.9 Å². The molecule has 3 heterocycles. The second kappa shape index (κ2) is 8.28. The van der Waals surface area contributed by atoms with E-state index in [-0.39, 0.29) is 5.91 Å². The predicted molar refractivity (Wildman–Crippen MR) is 106 cm³/mol. The van der Waals surface area contributed by atoms with Crippen LogP contribution in [0.5, 0.6) is 0 Å². The molecule has 1 amide bonds. The van der Waals surface area contributed by atoms with E-state index in [9.17, 15) is 4.79 Å². The third-order valence-corrected chi connectivity index (χ3v) is 5.28. The molecule has 2 aromatic heterocycles. The Balaban J connectivity index is 1.28. The predicted octanol–water partition coefficient (Wildman–Crippen LogP) is 3.28. The van der Waals surface area contributed by atoms with Gasteiger partial charge in [-0.25, -0.2) is 0 Å². The highest BCUT2D eigenvalue weighted by Gasteiger charge is 2.24. The van der Waals surface area contributed by atoms with E-state index < -0.39 is 0 Å². The standard InChI is InChI=1S/C20H21BrN4O3/c1-14-2-7-17(27-14)20(26)25-10-8-24(9-11-25)13-18-22-19(28-23-18)12-15-3-5-16(21)6-4-15/h2-7H,8-13H2,1H3. The number of carbonyl (C=O) groups excluding carboxylic acids is 1. The van der Waals surface area contributed by atoms with Gasteiger partial charge < -0.3 is 13.8 Å². The van der Waals surface area contributed by atoms with E-state index in [1.54, 1.807) is 6.07 Å². The Morgan fingerprint density at radius 2 is 1.86 bits per heavy atom. The first-order valence-electron chi connectivity index (χ1n) is 9.21. The number of aromatic nitrogens is 2. The summed E-state index contributed by atoms with van der Waals surface area (Å²) in [5.41, 5.74) is 1.12. The van der Waals surface area contributed by atoms with Gasteiger partial charge in [0.25, 0.3) is 5.91 Å². The summed E-state index contributed by atoms with van der Waals surface area (Å²) in [5.74, 6) is 2.39. The summed E-state index contributed by atoms with van der Waals surface area (Å²) in [6.45, 7) is 5.30. The summed E-state index contributed by atoms with van der Waals surface area (Å²) < 4.78 is 11.9. The molecule has 0 bridgehead atoms. The van der Waals surface area contributed by atoms with Crippen LogP contribution in [0.2, 0.25) is 0 Å². The lowest BCUT2D eigenvalue weighted by molar-refractivity contribution is 0.0592. The molecule has 28 heavy (non-hydrogen) atoms. The van der Waals surface area contributed by atoms with Crippen molar-refractivity contribution in [3.8, 4) is 0 Å². The van der Waals surface area contributed by atoms with Gasteiger partial charge in [-0.2, -0.15) is 4.98 Å². The van der Waals surface area contributed by atoms with Crippen LogP contribution < -0.4 is 0 Å². The van der Waals surface area contributed by atoms with Crippen molar-refractivity contribution in [1.82, 2.24) is 19.9 Å². The molecule has 146 valence electrons. The largest absolute Gasteiger partial charge is 0.456 e. The molecule has 0 radical (unpaired) electrons. The van der Waals surface area contributed by atoms with Gasteiger partial charge in [0.2, 0.25) is 5.89 Å². The third-order valence-electron chi connectivity index (χ3n) is 4.75. The number of aryl methyl sites for hydroxylation is 1. The van der Waals surface area contributed by atoms with Crippen LogP contribution in [0, 0.1) is 6.92 Å². The zero-order valence-corrected chi connectivity index (χ0v) is 17.2. The van der Waals surface area contributed by atoms with Gasteiger partial charge >= 0.3 is 0 Å². The normalized spacial score (nSPS) is 15.1. The minimum atomic E-state index is -0.0518. The molecule has 4 rings (SSSR count). The maximum absolute atomic E-state index is 12.4. The molecule has 1 saturated heterocycles. The summed E-state index contributed by atoms with van der Waals surface area (Å²) in [4.78, 5) is 21.0. The van der Waals surface area contributed by atoms with Crippen LogP contribution in [0.1, 0.15) is 33.6 Å². The van der Waals surface area contributed by atoms with E-state index in [1.807, 2.05) is 42.2 Å². The maximum atomic E-state index is 12.4. The Hall–Kier alpha value is -2.45. The number of rotatable bonds is 5. The molecule has 1 aliphatic rings. The average molecular weight is 445 g/mol. The topological polar surface area (TPSA) is 75.6 Å². The number of halogens is 1. The second-order valence-electron chi connectivity index (χ2n) is 6.89. The van der Waals surface area contributed by atoms with Crippen LogP contribution in [-0.2, 0) is 13.0 Å². The maximum Gasteiger partial charge on any atom is 0.289 e. The molecule has 0 spiro atoms. The third kappa shape index (κ3) is 4.51. The van der Waals surface area contributed by atoms with E-state index in [0.717, 1.165) is 28.9 Å². The van der Waals surface area contributed by atoms with Crippen molar-refractivity contribution >= 4 is 21.8 Å². The highest BCUT2D eigenvalue weighted by Crippen LogP contribution is 2.15. The van der Waals surface area contributed by atoms with Crippen LogP contribution in [0.3, 0.4) is 0 Å². The number of hydrogen-bond acceptors (Lipinski definition) is 6. The fourth-order valence-electron chi connectivity index (χ4n) is 3.22. The zero-order valence-electron chi connectivity index (χ0n) is 15.6. The molecule has 0 N–H and O–H groups in total. The number of hydrogen-bond donors (Lipinski definition) is 0. The van der Waals surface area contributed by atoms with Crippen LogP contribution in [0.15, 0.2) is 49.8 Å². The fraction of sp³-hybridized carbons (Fsp3) is 0.350. The second-order valence-corrected chi connectivity index (χ2v) is 7.80. The molecular formula is C20H21BrN4O3. The molecule has 8 heteroatoms. The molecule has 0 saturated carbocycles. The molecule has 0 atom stereocenters. The van der Waals surface area contributed by atoms with E-state index in [0.29, 0.717) is 43.5 Å². The Kier molecular flexibility index (Phi) is 5.59. The summed E-state index contributed by atoms with van der Waals surface area (Å²) in [5, 5.41) is 4.10. The highest BCUT2D eigenvalue weighted by atomic mass is 79.9. The number of piperazine rings is 1. The first kappa shape index (κ1) is 18.9.